The Morgan fingerprint density at radius 3 is 2.65 bits per heavy atom. The lowest BCUT2D eigenvalue weighted by Crippen LogP contribution is -2.04. The van der Waals surface area contributed by atoms with Gasteiger partial charge in [0.15, 0.2) is 0 Å². The molecule has 0 radical (unpaired) electrons. The lowest BCUT2D eigenvalue weighted by atomic mass is 10.2. The highest BCUT2D eigenvalue weighted by Gasteiger charge is 2.00. The van der Waals surface area contributed by atoms with Crippen LogP contribution in [0.4, 0.5) is 5.69 Å². The number of hydrogen-bond donors (Lipinski definition) is 1. The van der Waals surface area contributed by atoms with E-state index in [-0.39, 0.29) is 0 Å². The van der Waals surface area contributed by atoms with Gasteiger partial charge in [0.2, 0.25) is 0 Å². The van der Waals surface area contributed by atoms with E-state index >= 15 is 0 Å². The molecule has 1 N–H and O–H groups in total. The summed E-state index contributed by atoms with van der Waals surface area (Å²) in [5.74, 6) is 0.883. The topological polar surface area (TPSA) is 34.1 Å². The summed E-state index contributed by atoms with van der Waals surface area (Å²) in [4.78, 5) is 5.59. The van der Waals surface area contributed by atoms with Gasteiger partial charge < -0.3 is 10.1 Å². The largest absolute Gasteiger partial charge is 0.497 e. The van der Waals surface area contributed by atoms with Gasteiger partial charge in [-0.3, -0.25) is 0 Å². The third-order valence-corrected chi connectivity index (χ3v) is 3.61. The molecular weight excluding hydrogens is 232 g/mol. The molecule has 0 saturated heterocycles. The van der Waals surface area contributed by atoms with Crippen molar-refractivity contribution >= 4 is 17.0 Å². The first-order valence-corrected chi connectivity index (χ1v) is 6.44. The Morgan fingerprint density at radius 1 is 1.29 bits per heavy atom. The highest BCUT2D eigenvalue weighted by atomic mass is 32.1. The summed E-state index contributed by atoms with van der Waals surface area (Å²) >= 11 is 1.72. The number of aromatic nitrogens is 1. The summed E-state index contributed by atoms with van der Waals surface area (Å²) in [6.07, 6.45) is 1.02. The molecular formula is C13H16N2OS. The monoisotopic (exact) mass is 248 g/mol. The molecule has 1 heterocycles. The molecule has 0 fully saturated rings. The lowest BCUT2D eigenvalue weighted by molar-refractivity contribution is 0.415. The van der Waals surface area contributed by atoms with Crippen LogP contribution in [0.1, 0.15) is 10.6 Å². The zero-order chi connectivity index (χ0) is 12.1. The summed E-state index contributed by atoms with van der Waals surface area (Å²) in [7, 11) is 1.68. The van der Waals surface area contributed by atoms with Gasteiger partial charge in [-0.05, 0) is 31.2 Å². The zero-order valence-corrected chi connectivity index (χ0v) is 10.9. The Hall–Kier alpha value is -1.55. The van der Waals surface area contributed by atoms with Crippen LogP contribution >= 0.6 is 11.3 Å². The number of thiazole rings is 1. The average Bonchev–Trinajstić information content (AvgIpc) is 2.76. The van der Waals surface area contributed by atoms with Gasteiger partial charge in [0.05, 0.1) is 18.3 Å². The molecule has 0 atom stereocenters. The first kappa shape index (κ1) is 11.9. The number of rotatable bonds is 5. The van der Waals surface area contributed by atoms with E-state index in [0.717, 1.165) is 30.1 Å². The molecule has 0 aliphatic rings. The maximum absolute atomic E-state index is 5.11. The Balaban J connectivity index is 1.83. The third-order valence-electron chi connectivity index (χ3n) is 2.62. The van der Waals surface area contributed by atoms with Crippen LogP contribution in [0.25, 0.3) is 0 Å². The SMILES string of the molecule is COc1ccc(NCCc2scnc2C)cc1. The molecule has 0 spiro atoms. The molecule has 90 valence electrons. The molecule has 1 aromatic carbocycles. The van der Waals surface area contributed by atoms with Crippen LogP contribution in [0.5, 0.6) is 5.75 Å². The van der Waals surface area contributed by atoms with Gasteiger partial charge in [0.25, 0.3) is 0 Å². The van der Waals surface area contributed by atoms with Crippen LogP contribution in [0.15, 0.2) is 29.8 Å². The van der Waals surface area contributed by atoms with E-state index in [1.807, 2.05) is 29.8 Å². The van der Waals surface area contributed by atoms with Crippen molar-refractivity contribution in [1.82, 2.24) is 4.98 Å². The van der Waals surface area contributed by atoms with Gasteiger partial charge in [-0.1, -0.05) is 0 Å². The minimum absolute atomic E-state index is 0.883. The molecule has 3 nitrogen and oxygen atoms in total. The van der Waals surface area contributed by atoms with Crippen LogP contribution in [-0.4, -0.2) is 18.6 Å². The predicted octanol–water partition coefficient (Wildman–Crippen LogP) is 3.11. The predicted molar refractivity (Wildman–Crippen MR) is 72.0 cm³/mol. The van der Waals surface area contributed by atoms with E-state index in [1.165, 1.54) is 4.88 Å². The second kappa shape index (κ2) is 5.68. The molecule has 0 aliphatic heterocycles. The van der Waals surface area contributed by atoms with Crippen molar-refractivity contribution in [3.63, 3.8) is 0 Å². The van der Waals surface area contributed by atoms with E-state index in [1.54, 1.807) is 18.4 Å². The van der Waals surface area contributed by atoms with Crippen LogP contribution < -0.4 is 10.1 Å². The fraction of sp³-hybridized carbons (Fsp3) is 0.308. The highest BCUT2D eigenvalue weighted by molar-refractivity contribution is 7.09. The molecule has 2 aromatic rings. The highest BCUT2D eigenvalue weighted by Crippen LogP contribution is 2.16. The van der Waals surface area contributed by atoms with E-state index in [2.05, 4.69) is 17.2 Å². The molecule has 17 heavy (non-hydrogen) atoms. The molecule has 4 heteroatoms. The minimum Gasteiger partial charge on any atom is -0.497 e. The Bertz CT molecular complexity index is 465. The van der Waals surface area contributed by atoms with Crippen molar-refractivity contribution in [2.75, 3.05) is 19.0 Å². The Kier molecular flexibility index (Phi) is 3.98. The number of benzene rings is 1. The molecule has 0 bridgehead atoms. The van der Waals surface area contributed by atoms with Crippen molar-refractivity contribution in [3.8, 4) is 5.75 Å². The maximum Gasteiger partial charge on any atom is 0.119 e. The van der Waals surface area contributed by atoms with Crippen LogP contribution in [-0.2, 0) is 6.42 Å². The number of anilines is 1. The normalized spacial score (nSPS) is 10.2. The molecule has 1 aromatic heterocycles. The molecule has 0 unspecified atom stereocenters. The maximum atomic E-state index is 5.11. The van der Waals surface area contributed by atoms with Gasteiger partial charge in [0, 0.05) is 23.5 Å². The second-order valence-electron chi connectivity index (χ2n) is 3.77. The van der Waals surface area contributed by atoms with Gasteiger partial charge in [-0.15, -0.1) is 11.3 Å². The second-order valence-corrected chi connectivity index (χ2v) is 4.71. The molecule has 0 saturated carbocycles. The van der Waals surface area contributed by atoms with Crippen molar-refractivity contribution in [2.45, 2.75) is 13.3 Å². The van der Waals surface area contributed by atoms with Crippen molar-refractivity contribution < 1.29 is 4.74 Å². The number of ether oxygens (including phenoxy) is 1. The number of methoxy groups -OCH3 is 1. The van der Waals surface area contributed by atoms with Crippen LogP contribution in [0.3, 0.4) is 0 Å². The Labute approximate surface area is 105 Å². The third kappa shape index (κ3) is 3.20. The first-order valence-electron chi connectivity index (χ1n) is 5.56. The van der Waals surface area contributed by atoms with Crippen LogP contribution in [0.2, 0.25) is 0 Å². The summed E-state index contributed by atoms with van der Waals surface area (Å²) in [6.45, 7) is 2.98. The smallest absolute Gasteiger partial charge is 0.119 e. The quantitative estimate of drug-likeness (QED) is 0.882. The van der Waals surface area contributed by atoms with E-state index in [0.29, 0.717) is 0 Å². The van der Waals surface area contributed by atoms with Gasteiger partial charge in [-0.2, -0.15) is 0 Å². The van der Waals surface area contributed by atoms with Gasteiger partial charge >= 0.3 is 0 Å². The van der Waals surface area contributed by atoms with E-state index < -0.39 is 0 Å². The van der Waals surface area contributed by atoms with Gasteiger partial charge in [-0.25, -0.2) is 4.98 Å². The number of aryl methyl sites for hydroxylation is 1. The summed E-state index contributed by atoms with van der Waals surface area (Å²) in [6, 6.07) is 7.97. The first-order chi connectivity index (χ1) is 8.29. The van der Waals surface area contributed by atoms with Gasteiger partial charge in [0.1, 0.15) is 5.75 Å². The fourth-order valence-corrected chi connectivity index (χ4v) is 2.38. The molecule has 0 amide bonds. The lowest BCUT2D eigenvalue weighted by Gasteiger charge is -2.06. The fourth-order valence-electron chi connectivity index (χ4n) is 1.60. The number of nitrogens with one attached hydrogen (secondary N) is 1. The average molecular weight is 248 g/mol. The van der Waals surface area contributed by atoms with E-state index in [9.17, 15) is 0 Å². The summed E-state index contributed by atoms with van der Waals surface area (Å²) < 4.78 is 5.11. The minimum atomic E-state index is 0.883. The number of hydrogen-bond acceptors (Lipinski definition) is 4. The number of nitrogens with zero attached hydrogens (tertiary/aromatic N) is 1. The van der Waals surface area contributed by atoms with Crippen molar-refractivity contribution in [3.05, 3.63) is 40.3 Å². The van der Waals surface area contributed by atoms with Crippen LogP contribution in [0, 0.1) is 6.92 Å². The zero-order valence-electron chi connectivity index (χ0n) is 10.1. The molecule has 0 aliphatic carbocycles. The Morgan fingerprint density at radius 2 is 2.06 bits per heavy atom. The standard InChI is InChI=1S/C13H16N2OS/c1-10-13(17-9-15-10)7-8-14-11-3-5-12(16-2)6-4-11/h3-6,9,14H,7-8H2,1-2H3. The van der Waals surface area contributed by atoms with Crippen molar-refractivity contribution in [1.29, 1.82) is 0 Å². The summed E-state index contributed by atoms with van der Waals surface area (Å²) in [5, 5.41) is 3.38. The van der Waals surface area contributed by atoms with Crippen molar-refractivity contribution in [2.24, 2.45) is 0 Å². The summed E-state index contributed by atoms with van der Waals surface area (Å²) in [5.41, 5.74) is 4.16. The molecule has 2 rings (SSSR count). The van der Waals surface area contributed by atoms with E-state index in [4.69, 9.17) is 4.74 Å².